The van der Waals surface area contributed by atoms with Gasteiger partial charge in [-0.25, -0.2) is 4.39 Å². The minimum atomic E-state index is -0.718. The molecule has 0 fully saturated rings. The molecule has 0 saturated carbocycles. The average Bonchev–Trinajstić information content (AvgIpc) is 3.03. The molecule has 0 aliphatic heterocycles. The molecule has 4 nitrogen and oxygen atoms in total. The first-order valence-electron chi connectivity index (χ1n) is 7.36. The van der Waals surface area contributed by atoms with Crippen LogP contribution in [0.25, 0.3) is 0 Å². The minimum Gasteiger partial charge on any atom is -0.468 e. The van der Waals surface area contributed by atoms with Gasteiger partial charge < -0.3 is 14.3 Å². The van der Waals surface area contributed by atoms with Crippen molar-refractivity contribution in [3.8, 4) is 12.3 Å². The highest BCUT2D eigenvalue weighted by molar-refractivity contribution is 5.17. The molecule has 1 aromatic heterocycles. The Hall–Kier alpha value is -2.13. The van der Waals surface area contributed by atoms with Gasteiger partial charge in [-0.2, -0.15) is 0 Å². The lowest BCUT2D eigenvalue weighted by Crippen LogP contribution is -2.34. The van der Waals surface area contributed by atoms with Gasteiger partial charge in [0.2, 0.25) is 0 Å². The molecule has 0 bridgehead atoms. The smallest absolute Gasteiger partial charge is 0.127 e. The van der Waals surface area contributed by atoms with Gasteiger partial charge in [0.05, 0.1) is 25.5 Å². The summed E-state index contributed by atoms with van der Waals surface area (Å²) < 4.78 is 24.3. The van der Waals surface area contributed by atoms with Crippen LogP contribution in [0.3, 0.4) is 0 Å². The van der Waals surface area contributed by atoms with E-state index < -0.39 is 6.10 Å². The number of furan rings is 1. The molecule has 2 aromatic rings. The quantitative estimate of drug-likeness (QED) is 0.570. The summed E-state index contributed by atoms with van der Waals surface area (Å²) in [4.78, 5) is 1.90. The Labute approximate surface area is 135 Å². The number of benzene rings is 1. The zero-order valence-corrected chi connectivity index (χ0v) is 12.8. The first-order valence-corrected chi connectivity index (χ1v) is 7.36. The fourth-order valence-corrected chi connectivity index (χ4v) is 2.28. The van der Waals surface area contributed by atoms with Crippen LogP contribution in [0.1, 0.15) is 11.3 Å². The van der Waals surface area contributed by atoms with Crippen molar-refractivity contribution in [2.24, 2.45) is 0 Å². The number of aliphatic hydroxyl groups excluding tert-OH is 1. The third kappa shape index (κ3) is 5.87. The van der Waals surface area contributed by atoms with Gasteiger partial charge >= 0.3 is 0 Å². The highest BCUT2D eigenvalue weighted by Gasteiger charge is 2.16. The molecule has 0 amide bonds. The largest absolute Gasteiger partial charge is 0.468 e. The maximum Gasteiger partial charge on any atom is 0.127 e. The van der Waals surface area contributed by atoms with Crippen molar-refractivity contribution in [3.63, 3.8) is 0 Å². The number of halogens is 1. The number of rotatable bonds is 9. The van der Waals surface area contributed by atoms with E-state index in [2.05, 4.69) is 5.92 Å². The Kier molecular flexibility index (Phi) is 6.82. The molecule has 23 heavy (non-hydrogen) atoms. The van der Waals surface area contributed by atoms with E-state index in [1.807, 2.05) is 11.0 Å². The van der Waals surface area contributed by atoms with Gasteiger partial charge in [-0.15, -0.1) is 6.42 Å². The molecule has 1 N–H and O–H groups in total. The van der Waals surface area contributed by atoms with Gasteiger partial charge in [-0.3, -0.25) is 4.90 Å². The average molecular weight is 317 g/mol. The van der Waals surface area contributed by atoms with Gasteiger partial charge in [-0.1, -0.05) is 24.1 Å². The topological polar surface area (TPSA) is 45.8 Å². The summed E-state index contributed by atoms with van der Waals surface area (Å²) in [5.41, 5.74) is 0.566. The monoisotopic (exact) mass is 317 g/mol. The summed E-state index contributed by atoms with van der Waals surface area (Å²) in [5.74, 6) is 2.83. The Balaban J connectivity index is 1.99. The number of ether oxygens (including phenoxy) is 1. The second kappa shape index (κ2) is 9.11. The van der Waals surface area contributed by atoms with E-state index in [1.54, 1.807) is 30.5 Å². The van der Waals surface area contributed by atoms with Crippen molar-refractivity contribution in [3.05, 3.63) is 59.8 Å². The molecule has 0 spiro atoms. The lowest BCUT2D eigenvalue weighted by Gasteiger charge is -2.24. The molecule has 122 valence electrons. The molecule has 1 aromatic carbocycles. The van der Waals surface area contributed by atoms with Crippen LogP contribution in [0.4, 0.5) is 4.39 Å². The first-order chi connectivity index (χ1) is 11.2. The third-order valence-electron chi connectivity index (χ3n) is 3.28. The predicted molar refractivity (Wildman–Crippen MR) is 84.9 cm³/mol. The lowest BCUT2D eigenvalue weighted by molar-refractivity contribution is 0.0228. The Morgan fingerprint density at radius 2 is 2.09 bits per heavy atom. The summed E-state index contributed by atoms with van der Waals surface area (Å²) in [6.07, 6.45) is 5.97. The zero-order chi connectivity index (χ0) is 16.5. The number of hydrogen-bond acceptors (Lipinski definition) is 4. The van der Waals surface area contributed by atoms with Crippen LogP contribution in [-0.2, 0) is 17.8 Å². The van der Waals surface area contributed by atoms with Crippen LogP contribution in [0, 0.1) is 18.2 Å². The van der Waals surface area contributed by atoms with E-state index in [0.29, 0.717) is 25.2 Å². The fraction of sp³-hybridized carbons (Fsp3) is 0.333. The van der Waals surface area contributed by atoms with Crippen LogP contribution < -0.4 is 0 Å². The summed E-state index contributed by atoms with van der Waals surface area (Å²) >= 11 is 0. The number of hydrogen-bond donors (Lipinski definition) is 1. The van der Waals surface area contributed by atoms with Crippen molar-refractivity contribution in [2.75, 3.05) is 19.8 Å². The van der Waals surface area contributed by atoms with E-state index in [4.69, 9.17) is 15.6 Å². The molecular formula is C18H20FNO3. The SMILES string of the molecule is C#CCOC[C@H](O)CN(Cc1ccco1)Cc1ccccc1F. The maximum absolute atomic E-state index is 13.9. The lowest BCUT2D eigenvalue weighted by atomic mass is 10.2. The molecule has 0 unspecified atom stereocenters. The highest BCUT2D eigenvalue weighted by Crippen LogP contribution is 2.14. The van der Waals surface area contributed by atoms with Gasteiger partial charge in [0.1, 0.15) is 18.2 Å². The van der Waals surface area contributed by atoms with Crippen LogP contribution in [0.15, 0.2) is 47.1 Å². The third-order valence-corrected chi connectivity index (χ3v) is 3.28. The van der Waals surface area contributed by atoms with Gasteiger partial charge in [0.25, 0.3) is 0 Å². The first kappa shape index (κ1) is 17.2. The standard InChI is InChI=1S/C18H20FNO3/c1-2-9-22-14-16(21)12-20(13-17-7-5-10-23-17)11-15-6-3-4-8-18(15)19/h1,3-8,10,16,21H,9,11-14H2/t16-/m1/s1. The molecule has 5 heteroatoms. The summed E-state index contributed by atoms with van der Waals surface area (Å²) in [6, 6.07) is 10.2. The summed E-state index contributed by atoms with van der Waals surface area (Å²) in [6.45, 7) is 1.44. The molecule has 0 aliphatic carbocycles. The second-order valence-electron chi connectivity index (χ2n) is 5.21. The van der Waals surface area contributed by atoms with Crippen molar-refractivity contribution in [1.82, 2.24) is 4.90 Å². The van der Waals surface area contributed by atoms with Crippen molar-refractivity contribution in [2.45, 2.75) is 19.2 Å². The fourth-order valence-electron chi connectivity index (χ4n) is 2.28. The molecule has 0 aliphatic rings. The molecule has 2 rings (SSSR count). The zero-order valence-electron chi connectivity index (χ0n) is 12.8. The van der Waals surface area contributed by atoms with Crippen LogP contribution in [0.2, 0.25) is 0 Å². The van der Waals surface area contributed by atoms with E-state index >= 15 is 0 Å². The maximum atomic E-state index is 13.9. The van der Waals surface area contributed by atoms with Gasteiger partial charge in [-0.05, 0) is 18.2 Å². The van der Waals surface area contributed by atoms with Crippen molar-refractivity contribution < 1.29 is 18.7 Å². The van der Waals surface area contributed by atoms with E-state index in [1.165, 1.54) is 6.07 Å². The molecule has 1 atom stereocenters. The second-order valence-corrected chi connectivity index (χ2v) is 5.21. The van der Waals surface area contributed by atoms with E-state index in [9.17, 15) is 9.50 Å². The molecular weight excluding hydrogens is 297 g/mol. The van der Waals surface area contributed by atoms with Crippen LogP contribution in [0.5, 0.6) is 0 Å². The summed E-state index contributed by atoms with van der Waals surface area (Å²) in [5, 5.41) is 10.1. The van der Waals surface area contributed by atoms with Gasteiger partial charge in [0.15, 0.2) is 0 Å². The molecule has 1 heterocycles. The highest BCUT2D eigenvalue weighted by atomic mass is 19.1. The normalized spacial score (nSPS) is 12.3. The summed E-state index contributed by atoms with van der Waals surface area (Å²) in [7, 11) is 0. The molecule has 0 saturated heterocycles. The number of terminal acetylenes is 1. The Morgan fingerprint density at radius 1 is 1.26 bits per heavy atom. The van der Waals surface area contributed by atoms with E-state index in [-0.39, 0.29) is 19.0 Å². The van der Waals surface area contributed by atoms with Gasteiger partial charge in [0, 0.05) is 18.7 Å². The number of nitrogens with zero attached hydrogens (tertiary/aromatic N) is 1. The van der Waals surface area contributed by atoms with Crippen molar-refractivity contribution >= 4 is 0 Å². The predicted octanol–water partition coefficient (Wildman–Crippen LogP) is 2.43. The van der Waals surface area contributed by atoms with E-state index in [0.717, 1.165) is 5.76 Å². The van der Waals surface area contributed by atoms with Crippen LogP contribution in [-0.4, -0.2) is 35.9 Å². The molecule has 0 radical (unpaired) electrons. The Bertz CT molecular complexity index is 621. The number of aliphatic hydroxyl groups is 1. The Morgan fingerprint density at radius 3 is 2.78 bits per heavy atom. The van der Waals surface area contributed by atoms with Crippen LogP contribution >= 0.6 is 0 Å². The minimum absolute atomic E-state index is 0.135. The van der Waals surface area contributed by atoms with Crippen molar-refractivity contribution in [1.29, 1.82) is 0 Å².